The highest BCUT2D eigenvalue weighted by molar-refractivity contribution is 6.05. The number of H-pyrrole nitrogens is 1. The monoisotopic (exact) mass is 855 g/mol. The van der Waals surface area contributed by atoms with Gasteiger partial charge < -0.3 is 34.6 Å². The van der Waals surface area contributed by atoms with Crippen molar-refractivity contribution in [3.05, 3.63) is 95.5 Å². The van der Waals surface area contributed by atoms with E-state index in [1.807, 2.05) is 6.08 Å². The summed E-state index contributed by atoms with van der Waals surface area (Å²) in [5.74, 6) is -4.00. The molecular formula is C44H45F4N9O5. The number of nitrogens with zero attached hydrogens (tertiary/aromatic N) is 6. The Morgan fingerprint density at radius 1 is 0.903 bits per heavy atom. The second-order valence-corrected chi connectivity index (χ2v) is 15.7. The number of hydrogen-bond acceptors (Lipinski definition) is 9. The Kier molecular flexibility index (Phi) is 11.7. The molecule has 8 rings (SSSR count). The number of methoxy groups -OCH3 is 1. The standard InChI is InChI=1S/C44H45F4N9O5/c1-53(2)44(61)35-20-29-27(18-26(41(48)42(29)51-35)25-6-4-11-56(24-25)40(59)9-13-57-12-5-10-49-57)28-19-31(46)36(22-30(28)45)54-14-16-55(17-15-54)37-23-38(62-3)34(21-32(37)47)50-33-7-8-39(58)52-43(33)60/h5-6,10,12,18-23,33,50-51H,4,7-9,11,13-17,24H2,1-3H3,(H,52,58,60). The van der Waals surface area contributed by atoms with Crippen LogP contribution >= 0.6 is 0 Å². The number of ether oxygens (including phenoxy) is 1. The highest BCUT2D eigenvalue weighted by atomic mass is 19.1. The number of carbonyl (C=O) groups is 4. The summed E-state index contributed by atoms with van der Waals surface area (Å²) >= 11 is 0. The van der Waals surface area contributed by atoms with E-state index in [0.29, 0.717) is 25.1 Å². The summed E-state index contributed by atoms with van der Waals surface area (Å²) in [6.45, 7) is 1.80. The second-order valence-electron chi connectivity index (χ2n) is 15.7. The summed E-state index contributed by atoms with van der Waals surface area (Å²) in [5.41, 5.74) is 1.04. The number of halogens is 4. The molecule has 2 fully saturated rings. The largest absolute Gasteiger partial charge is 0.495 e. The van der Waals surface area contributed by atoms with Gasteiger partial charge in [0, 0.05) is 120 Å². The SMILES string of the molecule is COc1cc(N2CCN(c3cc(F)c(-c4cc(C5=CCCN(C(=O)CCn6cccn6)C5)c(F)c5[nH]c(C(=O)N(C)C)cc45)cc3F)CC2)c(F)cc1NC1CCC(=O)NC1=O. The zero-order valence-corrected chi connectivity index (χ0v) is 34.4. The predicted molar refractivity (Wildman–Crippen MR) is 225 cm³/mol. The third-order valence-corrected chi connectivity index (χ3v) is 11.6. The van der Waals surface area contributed by atoms with Crippen molar-refractivity contribution in [2.75, 3.05) is 75.6 Å². The molecule has 1 atom stereocenters. The van der Waals surface area contributed by atoms with Crippen molar-refractivity contribution < 1.29 is 41.5 Å². The van der Waals surface area contributed by atoms with Gasteiger partial charge in [-0.3, -0.25) is 29.2 Å². The van der Waals surface area contributed by atoms with Crippen LogP contribution in [0, 0.1) is 23.3 Å². The van der Waals surface area contributed by atoms with Gasteiger partial charge in [-0.2, -0.15) is 5.10 Å². The Hall–Kier alpha value is -6.85. The summed E-state index contributed by atoms with van der Waals surface area (Å²) in [7, 11) is 4.50. The van der Waals surface area contributed by atoms with Crippen LogP contribution in [0.4, 0.5) is 34.6 Å². The van der Waals surface area contributed by atoms with Crippen molar-refractivity contribution in [3.8, 4) is 16.9 Å². The van der Waals surface area contributed by atoms with Crippen LogP contribution in [0.25, 0.3) is 27.6 Å². The number of piperazine rings is 1. The van der Waals surface area contributed by atoms with E-state index < -0.39 is 41.1 Å². The fourth-order valence-corrected chi connectivity index (χ4v) is 8.28. The third kappa shape index (κ3) is 8.28. The average Bonchev–Trinajstić information content (AvgIpc) is 3.96. The first-order valence-electron chi connectivity index (χ1n) is 20.3. The number of nitrogens with one attached hydrogen (secondary N) is 3. The van der Waals surface area contributed by atoms with Crippen LogP contribution in [0.15, 0.2) is 60.9 Å². The van der Waals surface area contributed by atoms with Crippen LogP contribution in [-0.2, 0) is 20.9 Å². The molecule has 4 amide bonds. The van der Waals surface area contributed by atoms with Gasteiger partial charge in [-0.15, -0.1) is 0 Å². The number of fused-ring (bicyclic) bond motifs is 1. The maximum atomic E-state index is 16.6. The number of aromatic nitrogens is 3. The highest BCUT2D eigenvalue weighted by Crippen LogP contribution is 2.40. The van der Waals surface area contributed by atoms with E-state index in [1.54, 1.807) is 51.9 Å². The molecule has 14 nitrogen and oxygen atoms in total. The molecule has 18 heteroatoms. The second kappa shape index (κ2) is 17.3. The van der Waals surface area contributed by atoms with Gasteiger partial charge in [0.25, 0.3) is 5.91 Å². The Labute approximate surface area is 354 Å². The number of piperidine rings is 1. The first-order chi connectivity index (χ1) is 29.8. The van der Waals surface area contributed by atoms with Gasteiger partial charge in [-0.05, 0) is 48.2 Å². The van der Waals surface area contributed by atoms with Crippen LogP contribution in [0.2, 0.25) is 0 Å². The van der Waals surface area contributed by atoms with E-state index in [4.69, 9.17) is 4.74 Å². The van der Waals surface area contributed by atoms with Gasteiger partial charge in [0.2, 0.25) is 17.7 Å². The third-order valence-electron chi connectivity index (χ3n) is 11.6. The van der Waals surface area contributed by atoms with E-state index in [9.17, 15) is 19.2 Å². The maximum Gasteiger partial charge on any atom is 0.269 e. The van der Waals surface area contributed by atoms with E-state index in [0.717, 1.165) is 12.1 Å². The quantitative estimate of drug-likeness (QED) is 0.115. The number of hydrogen-bond donors (Lipinski definition) is 3. The molecule has 5 heterocycles. The lowest BCUT2D eigenvalue weighted by Crippen LogP contribution is -2.47. The van der Waals surface area contributed by atoms with Gasteiger partial charge in [-0.25, -0.2) is 17.6 Å². The molecule has 2 saturated heterocycles. The lowest BCUT2D eigenvalue weighted by Gasteiger charge is -2.38. The minimum Gasteiger partial charge on any atom is -0.495 e. The molecule has 0 spiro atoms. The van der Waals surface area contributed by atoms with E-state index >= 15 is 17.6 Å². The molecule has 0 aliphatic carbocycles. The molecule has 5 aromatic rings. The topological polar surface area (TPSA) is 148 Å². The molecule has 1 unspecified atom stereocenters. The van der Waals surface area contributed by atoms with Gasteiger partial charge >= 0.3 is 0 Å². The normalized spacial score (nSPS) is 17.0. The van der Waals surface area contributed by atoms with Gasteiger partial charge in [0.15, 0.2) is 5.82 Å². The number of anilines is 3. The molecule has 3 N–H and O–H groups in total. The molecule has 0 radical (unpaired) electrons. The molecular weight excluding hydrogens is 811 g/mol. The fraction of sp³-hybridized carbons (Fsp3) is 0.341. The Bertz CT molecular complexity index is 2600. The number of imide groups is 1. The minimum absolute atomic E-state index is 0.0110. The van der Waals surface area contributed by atoms with Crippen LogP contribution in [0.3, 0.4) is 0 Å². The average molecular weight is 856 g/mol. The van der Waals surface area contributed by atoms with Crippen molar-refractivity contribution in [2.45, 2.75) is 38.3 Å². The summed E-state index contributed by atoms with van der Waals surface area (Å²) in [5, 5.41) is 9.55. The fourth-order valence-electron chi connectivity index (χ4n) is 8.28. The molecule has 3 aromatic carbocycles. The lowest BCUT2D eigenvalue weighted by atomic mass is 9.92. The Balaban J connectivity index is 1.04. The zero-order valence-electron chi connectivity index (χ0n) is 34.4. The number of rotatable bonds is 11. The molecule has 3 aliphatic heterocycles. The zero-order chi connectivity index (χ0) is 43.8. The molecule has 2 aromatic heterocycles. The van der Waals surface area contributed by atoms with E-state index in [-0.39, 0.29) is 120 Å². The van der Waals surface area contributed by atoms with Crippen LogP contribution in [0.5, 0.6) is 5.75 Å². The first-order valence-corrected chi connectivity index (χ1v) is 20.3. The first kappa shape index (κ1) is 41.9. The maximum absolute atomic E-state index is 16.6. The number of benzene rings is 3. The summed E-state index contributed by atoms with van der Waals surface area (Å²) in [4.78, 5) is 59.4. The Morgan fingerprint density at radius 3 is 2.31 bits per heavy atom. The molecule has 62 heavy (non-hydrogen) atoms. The van der Waals surface area contributed by atoms with Crippen LogP contribution < -0.4 is 25.2 Å². The molecule has 0 saturated carbocycles. The van der Waals surface area contributed by atoms with Crippen LogP contribution in [-0.4, -0.2) is 115 Å². The van der Waals surface area contributed by atoms with Gasteiger partial charge in [0.1, 0.15) is 34.9 Å². The van der Waals surface area contributed by atoms with Crippen molar-refractivity contribution in [3.63, 3.8) is 0 Å². The summed E-state index contributed by atoms with van der Waals surface area (Å²) in [6.07, 6.45) is 6.23. The van der Waals surface area contributed by atoms with Crippen molar-refractivity contribution in [1.82, 2.24) is 29.9 Å². The minimum atomic E-state index is -0.785. The van der Waals surface area contributed by atoms with Crippen molar-refractivity contribution in [2.24, 2.45) is 0 Å². The summed E-state index contributed by atoms with van der Waals surface area (Å²) in [6, 6.07) is 8.78. The summed E-state index contributed by atoms with van der Waals surface area (Å²) < 4.78 is 72.2. The van der Waals surface area contributed by atoms with E-state index in [1.165, 1.54) is 36.3 Å². The Morgan fingerprint density at radius 2 is 1.63 bits per heavy atom. The number of amides is 4. The molecule has 3 aliphatic rings. The van der Waals surface area contributed by atoms with E-state index in [2.05, 4.69) is 20.7 Å². The number of aryl methyl sites for hydroxylation is 1. The number of carbonyl (C=O) groups excluding carboxylic acids is 4. The van der Waals surface area contributed by atoms with Gasteiger partial charge in [-0.1, -0.05) is 6.08 Å². The lowest BCUT2D eigenvalue weighted by molar-refractivity contribution is -0.134. The highest BCUT2D eigenvalue weighted by Gasteiger charge is 2.30. The molecule has 0 bridgehead atoms. The predicted octanol–water partition coefficient (Wildman–Crippen LogP) is 5.55. The van der Waals surface area contributed by atoms with Crippen molar-refractivity contribution >= 4 is 57.2 Å². The smallest absolute Gasteiger partial charge is 0.269 e. The van der Waals surface area contributed by atoms with Crippen LogP contribution in [0.1, 0.15) is 41.7 Å². The number of aromatic amines is 1. The van der Waals surface area contributed by atoms with Gasteiger partial charge in [0.05, 0.1) is 29.7 Å². The molecule has 324 valence electrons. The van der Waals surface area contributed by atoms with Crippen molar-refractivity contribution in [1.29, 1.82) is 0 Å².